The summed E-state index contributed by atoms with van der Waals surface area (Å²) >= 11 is 0. The minimum absolute atomic E-state index is 0.323. The molecule has 0 N–H and O–H groups in total. The first kappa shape index (κ1) is 14.2. The predicted molar refractivity (Wildman–Crippen MR) is 73.7 cm³/mol. The third kappa shape index (κ3) is 2.41. The molecule has 0 bridgehead atoms. The molecule has 0 heterocycles. The molecule has 0 amide bonds. The molecular formula is C16H16O4. The van der Waals surface area contributed by atoms with Gasteiger partial charge >= 0.3 is 5.97 Å². The molecule has 2 rings (SSSR count). The molecule has 1 aliphatic rings. The minimum atomic E-state index is -1.32. The van der Waals surface area contributed by atoms with Crippen LogP contribution < -0.4 is 0 Å². The van der Waals surface area contributed by atoms with Crippen molar-refractivity contribution < 1.29 is 19.1 Å². The molecule has 0 saturated heterocycles. The third-order valence-corrected chi connectivity index (χ3v) is 3.18. The monoisotopic (exact) mass is 272 g/mol. The van der Waals surface area contributed by atoms with Crippen molar-refractivity contribution in [2.24, 2.45) is 5.92 Å². The minimum Gasteiger partial charge on any atom is -0.445 e. The van der Waals surface area contributed by atoms with E-state index >= 15 is 0 Å². The van der Waals surface area contributed by atoms with Gasteiger partial charge in [0.25, 0.3) is 0 Å². The summed E-state index contributed by atoms with van der Waals surface area (Å²) in [6, 6.07) is 5.05. The fraction of sp³-hybridized carbons (Fsp3) is 0.312. The van der Waals surface area contributed by atoms with Crippen molar-refractivity contribution in [3.8, 4) is 0 Å². The summed E-state index contributed by atoms with van der Waals surface area (Å²) in [5.74, 6) is -1.81. The number of hydrogen-bond acceptors (Lipinski definition) is 4. The summed E-state index contributed by atoms with van der Waals surface area (Å²) in [5.41, 5.74) is 1.55. The van der Waals surface area contributed by atoms with Gasteiger partial charge in [0, 0.05) is 11.1 Å². The van der Waals surface area contributed by atoms with E-state index in [4.69, 9.17) is 4.74 Å². The summed E-state index contributed by atoms with van der Waals surface area (Å²) in [7, 11) is 0. The van der Waals surface area contributed by atoms with Gasteiger partial charge in [-0.15, -0.1) is 6.58 Å². The van der Waals surface area contributed by atoms with Gasteiger partial charge in [-0.1, -0.05) is 32.1 Å². The topological polar surface area (TPSA) is 60.4 Å². The lowest BCUT2D eigenvalue weighted by atomic mass is 10.0. The highest BCUT2D eigenvalue weighted by Crippen LogP contribution is 2.26. The fourth-order valence-corrected chi connectivity index (χ4v) is 2.06. The van der Waals surface area contributed by atoms with Gasteiger partial charge < -0.3 is 4.74 Å². The molecule has 4 heteroatoms. The second-order valence-electron chi connectivity index (χ2n) is 5.07. The Labute approximate surface area is 117 Å². The first-order valence-electron chi connectivity index (χ1n) is 6.48. The quantitative estimate of drug-likeness (QED) is 0.479. The Kier molecular flexibility index (Phi) is 3.84. The van der Waals surface area contributed by atoms with Crippen LogP contribution in [-0.4, -0.2) is 23.6 Å². The molecule has 0 saturated carbocycles. The number of allylic oxidation sites excluding steroid dienone is 1. The highest BCUT2D eigenvalue weighted by atomic mass is 16.6. The Hall–Kier alpha value is -2.23. The number of benzene rings is 1. The number of carbonyl (C=O) groups is 3. The molecule has 4 nitrogen and oxygen atoms in total. The normalized spacial score (nSPS) is 17.2. The molecule has 20 heavy (non-hydrogen) atoms. The first-order valence-corrected chi connectivity index (χ1v) is 6.48. The molecule has 1 aromatic carbocycles. The van der Waals surface area contributed by atoms with E-state index in [-0.39, 0.29) is 5.92 Å². The second kappa shape index (κ2) is 5.41. The van der Waals surface area contributed by atoms with E-state index in [0.29, 0.717) is 17.5 Å². The summed E-state index contributed by atoms with van der Waals surface area (Å²) in [4.78, 5) is 35.9. The number of Topliss-reactive ketones (excluding diaryl/α,β-unsaturated/α-hetero) is 2. The largest absolute Gasteiger partial charge is 0.445 e. The maximum Gasteiger partial charge on any atom is 0.309 e. The van der Waals surface area contributed by atoms with Gasteiger partial charge in [-0.3, -0.25) is 14.4 Å². The molecule has 104 valence electrons. The lowest BCUT2D eigenvalue weighted by Gasteiger charge is -2.10. The summed E-state index contributed by atoms with van der Waals surface area (Å²) < 4.78 is 5.02. The maximum atomic E-state index is 12.2. The number of ketones is 2. The predicted octanol–water partition coefficient (Wildman–Crippen LogP) is 2.36. The van der Waals surface area contributed by atoms with Crippen molar-refractivity contribution in [3.63, 3.8) is 0 Å². The number of fused-ring (bicyclic) bond motifs is 1. The Morgan fingerprint density at radius 3 is 2.55 bits per heavy atom. The summed E-state index contributed by atoms with van der Waals surface area (Å²) in [6.45, 7) is 6.94. The zero-order valence-corrected chi connectivity index (χ0v) is 11.5. The number of ether oxygens (including phenoxy) is 1. The Morgan fingerprint density at radius 2 is 1.95 bits per heavy atom. The van der Waals surface area contributed by atoms with E-state index < -0.39 is 23.6 Å². The van der Waals surface area contributed by atoms with Crippen molar-refractivity contribution in [1.29, 1.82) is 0 Å². The molecule has 1 unspecified atom stereocenters. The van der Waals surface area contributed by atoms with E-state index in [2.05, 4.69) is 6.58 Å². The molecule has 0 fully saturated rings. The summed E-state index contributed by atoms with van der Waals surface area (Å²) in [5, 5.41) is 0. The highest BCUT2D eigenvalue weighted by Gasteiger charge is 2.41. The fourth-order valence-electron chi connectivity index (χ4n) is 2.06. The van der Waals surface area contributed by atoms with E-state index in [1.807, 2.05) is 0 Å². The smallest absolute Gasteiger partial charge is 0.309 e. The Morgan fingerprint density at radius 1 is 1.30 bits per heavy atom. The van der Waals surface area contributed by atoms with Gasteiger partial charge in [0.15, 0.2) is 0 Å². The van der Waals surface area contributed by atoms with Crippen molar-refractivity contribution in [2.75, 3.05) is 0 Å². The first-order chi connectivity index (χ1) is 9.45. The molecule has 0 aromatic heterocycles. The van der Waals surface area contributed by atoms with E-state index in [1.54, 1.807) is 38.1 Å². The molecule has 0 aliphatic heterocycles. The van der Waals surface area contributed by atoms with Gasteiger partial charge in [0.2, 0.25) is 17.7 Å². The molecule has 1 aromatic rings. The molecule has 0 spiro atoms. The average molecular weight is 272 g/mol. The zero-order valence-electron chi connectivity index (χ0n) is 11.5. The van der Waals surface area contributed by atoms with Crippen LogP contribution in [0.25, 0.3) is 0 Å². The van der Waals surface area contributed by atoms with Crippen LogP contribution >= 0.6 is 0 Å². The van der Waals surface area contributed by atoms with Gasteiger partial charge in [0.05, 0.1) is 5.92 Å². The van der Waals surface area contributed by atoms with Crippen molar-refractivity contribution in [2.45, 2.75) is 26.4 Å². The van der Waals surface area contributed by atoms with Gasteiger partial charge in [-0.05, 0) is 18.1 Å². The van der Waals surface area contributed by atoms with E-state index in [9.17, 15) is 14.4 Å². The molecule has 1 atom stereocenters. The lowest BCUT2D eigenvalue weighted by Crippen LogP contribution is -2.30. The molecule has 0 radical (unpaired) electrons. The molecule has 1 aliphatic carbocycles. The van der Waals surface area contributed by atoms with Crippen LogP contribution in [0.15, 0.2) is 30.9 Å². The Balaban J connectivity index is 2.30. The van der Waals surface area contributed by atoms with Crippen molar-refractivity contribution in [3.05, 3.63) is 47.5 Å². The number of rotatable bonds is 4. The van der Waals surface area contributed by atoms with Gasteiger partial charge in [-0.2, -0.15) is 0 Å². The van der Waals surface area contributed by atoms with Gasteiger partial charge in [0.1, 0.15) is 0 Å². The van der Waals surface area contributed by atoms with Crippen LogP contribution in [-0.2, 0) is 16.0 Å². The van der Waals surface area contributed by atoms with Gasteiger partial charge in [-0.25, -0.2) is 0 Å². The van der Waals surface area contributed by atoms with Crippen LogP contribution in [0.5, 0.6) is 0 Å². The number of hydrogen-bond donors (Lipinski definition) is 0. The van der Waals surface area contributed by atoms with E-state index in [0.717, 1.165) is 5.56 Å². The SMILES string of the molecule is C=CCc1ccc2c(c1)C(=O)C(OC(=O)C(C)C)C2=O. The van der Waals surface area contributed by atoms with Crippen LogP contribution in [0, 0.1) is 5.92 Å². The van der Waals surface area contributed by atoms with Crippen molar-refractivity contribution in [1.82, 2.24) is 0 Å². The summed E-state index contributed by atoms with van der Waals surface area (Å²) in [6.07, 6.45) is 1.02. The van der Waals surface area contributed by atoms with Crippen LogP contribution in [0.2, 0.25) is 0 Å². The third-order valence-electron chi connectivity index (χ3n) is 3.18. The molecular weight excluding hydrogens is 256 g/mol. The zero-order chi connectivity index (χ0) is 14.9. The van der Waals surface area contributed by atoms with Crippen LogP contribution in [0.4, 0.5) is 0 Å². The number of carbonyl (C=O) groups excluding carboxylic acids is 3. The van der Waals surface area contributed by atoms with Crippen LogP contribution in [0.1, 0.15) is 40.1 Å². The van der Waals surface area contributed by atoms with Crippen LogP contribution in [0.3, 0.4) is 0 Å². The maximum absolute atomic E-state index is 12.2. The standard InChI is InChI=1S/C16H16O4/c1-4-5-10-6-7-11-12(8-10)14(18)15(13(11)17)20-16(19)9(2)3/h4,6-9,15H,1,5H2,2-3H3. The highest BCUT2D eigenvalue weighted by molar-refractivity contribution is 6.29. The Bertz CT molecular complexity index is 598. The lowest BCUT2D eigenvalue weighted by molar-refractivity contribution is -0.148. The second-order valence-corrected chi connectivity index (χ2v) is 5.07. The number of esters is 1. The average Bonchev–Trinajstić information content (AvgIpc) is 2.64. The van der Waals surface area contributed by atoms with Crippen molar-refractivity contribution >= 4 is 17.5 Å². The van der Waals surface area contributed by atoms with E-state index in [1.165, 1.54) is 0 Å².